The molecule has 2 rings (SSSR count). The highest BCUT2D eigenvalue weighted by Crippen LogP contribution is 2.25. The third-order valence-corrected chi connectivity index (χ3v) is 4.80. The molecule has 26 heavy (non-hydrogen) atoms. The third-order valence-electron chi connectivity index (χ3n) is 3.79. The zero-order valence-electron chi connectivity index (χ0n) is 14.9. The fourth-order valence-corrected chi connectivity index (χ4v) is 3.19. The number of nitrogens with one attached hydrogen (secondary N) is 1. The van der Waals surface area contributed by atoms with E-state index in [2.05, 4.69) is 10.3 Å². The number of carbonyl (C=O) groups excluding carboxylic acids is 2. The van der Waals surface area contributed by atoms with Crippen molar-refractivity contribution in [1.82, 2.24) is 15.2 Å². The molecule has 1 atom stereocenters. The lowest BCUT2D eigenvalue weighted by molar-refractivity contribution is -0.141. The third kappa shape index (κ3) is 4.89. The van der Waals surface area contributed by atoms with Crippen LogP contribution in [0.1, 0.15) is 29.9 Å². The van der Waals surface area contributed by atoms with Crippen molar-refractivity contribution in [2.45, 2.75) is 26.8 Å². The molecule has 2 N–H and O–H groups in total. The molecule has 0 aliphatic rings. The van der Waals surface area contributed by atoms with Crippen LogP contribution >= 0.6 is 11.3 Å². The molecule has 0 saturated carbocycles. The first kappa shape index (κ1) is 19.6. The summed E-state index contributed by atoms with van der Waals surface area (Å²) in [7, 11) is 0. The standard InChI is InChI=1S/C18H21N3O4S/c1-11-10-26-16(20-11)14-5-4-6-15(9-14)17(23)21(12(2)18(24)25)8-7-19-13(3)22/h4-6,9-10,12H,7-8H2,1-3H3,(H,19,22)(H,24,25). The van der Waals surface area contributed by atoms with E-state index in [1.165, 1.54) is 30.1 Å². The van der Waals surface area contributed by atoms with Gasteiger partial charge in [-0.05, 0) is 26.0 Å². The van der Waals surface area contributed by atoms with Gasteiger partial charge in [-0.25, -0.2) is 9.78 Å². The van der Waals surface area contributed by atoms with Crippen LogP contribution in [-0.2, 0) is 9.59 Å². The zero-order chi connectivity index (χ0) is 19.3. The summed E-state index contributed by atoms with van der Waals surface area (Å²) in [4.78, 5) is 41.0. The van der Waals surface area contributed by atoms with E-state index in [4.69, 9.17) is 0 Å². The Hall–Kier alpha value is -2.74. The van der Waals surface area contributed by atoms with Crippen LogP contribution in [0.5, 0.6) is 0 Å². The predicted octanol–water partition coefficient (Wildman–Crippen LogP) is 2.17. The topological polar surface area (TPSA) is 99.6 Å². The lowest BCUT2D eigenvalue weighted by atomic mass is 10.1. The van der Waals surface area contributed by atoms with Gasteiger partial charge in [-0.1, -0.05) is 12.1 Å². The van der Waals surface area contributed by atoms with Gasteiger partial charge in [0.1, 0.15) is 11.0 Å². The molecule has 1 aromatic heterocycles. The minimum atomic E-state index is -1.10. The van der Waals surface area contributed by atoms with Gasteiger partial charge < -0.3 is 15.3 Å². The molecular formula is C18H21N3O4S. The maximum absolute atomic E-state index is 12.9. The number of hydrogen-bond donors (Lipinski definition) is 2. The van der Waals surface area contributed by atoms with Gasteiger partial charge >= 0.3 is 5.97 Å². The van der Waals surface area contributed by atoms with Crippen LogP contribution in [-0.4, -0.2) is 51.9 Å². The van der Waals surface area contributed by atoms with Gasteiger partial charge in [0.05, 0.1) is 0 Å². The molecule has 0 fully saturated rings. The summed E-state index contributed by atoms with van der Waals surface area (Å²) in [6, 6.07) is 5.95. The molecule has 1 heterocycles. The van der Waals surface area contributed by atoms with Crippen LogP contribution in [0.25, 0.3) is 10.6 Å². The molecule has 1 unspecified atom stereocenters. The Bertz CT molecular complexity index is 818. The summed E-state index contributed by atoms with van der Waals surface area (Å²) in [5.74, 6) is -1.74. The molecule has 7 nitrogen and oxygen atoms in total. The van der Waals surface area contributed by atoms with E-state index >= 15 is 0 Å². The first-order valence-corrected chi connectivity index (χ1v) is 8.98. The molecule has 0 bridgehead atoms. The highest BCUT2D eigenvalue weighted by Gasteiger charge is 2.26. The van der Waals surface area contributed by atoms with Crippen molar-refractivity contribution in [3.05, 3.63) is 40.9 Å². The number of carboxylic acid groups (broad SMARTS) is 1. The maximum Gasteiger partial charge on any atom is 0.326 e. The molecule has 0 saturated heterocycles. The lowest BCUT2D eigenvalue weighted by Gasteiger charge is -2.26. The van der Waals surface area contributed by atoms with Gasteiger partial charge in [0.25, 0.3) is 5.91 Å². The van der Waals surface area contributed by atoms with Gasteiger partial charge in [-0.2, -0.15) is 0 Å². The van der Waals surface area contributed by atoms with E-state index in [0.29, 0.717) is 5.56 Å². The SMILES string of the molecule is CC(=O)NCCN(C(=O)c1cccc(-c2nc(C)cs2)c1)C(C)C(=O)O. The average Bonchev–Trinajstić information content (AvgIpc) is 3.04. The van der Waals surface area contributed by atoms with Gasteiger partial charge in [-0.3, -0.25) is 9.59 Å². The number of benzene rings is 1. The smallest absolute Gasteiger partial charge is 0.326 e. The molecule has 8 heteroatoms. The maximum atomic E-state index is 12.9. The number of aliphatic carboxylic acids is 1. The summed E-state index contributed by atoms with van der Waals surface area (Å²) in [6.07, 6.45) is 0. The van der Waals surface area contributed by atoms with Crippen LogP contribution in [0, 0.1) is 6.92 Å². The number of carbonyl (C=O) groups is 3. The molecule has 2 aromatic rings. The number of nitrogens with zero attached hydrogens (tertiary/aromatic N) is 2. The minimum absolute atomic E-state index is 0.104. The Labute approximate surface area is 155 Å². The van der Waals surface area contributed by atoms with Gasteiger partial charge in [0.15, 0.2) is 0 Å². The average molecular weight is 375 g/mol. The van der Waals surface area contributed by atoms with E-state index in [0.717, 1.165) is 16.3 Å². The van der Waals surface area contributed by atoms with E-state index in [1.54, 1.807) is 18.2 Å². The summed E-state index contributed by atoms with van der Waals surface area (Å²) < 4.78 is 0. The van der Waals surface area contributed by atoms with E-state index in [1.807, 2.05) is 18.4 Å². The Kier molecular flexibility index (Phi) is 6.46. The van der Waals surface area contributed by atoms with Crippen molar-refractivity contribution in [2.75, 3.05) is 13.1 Å². The number of carboxylic acids is 1. The van der Waals surface area contributed by atoms with Crippen LogP contribution in [0.15, 0.2) is 29.6 Å². The predicted molar refractivity (Wildman–Crippen MR) is 99.1 cm³/mol. The van der Waals surface area contributed by atoms with Crippen LogP contribution in [0.4, 0.5) is 0 Å². The zero-order valence-corrected chi connectivity index (χ0v) is 15.7. The Balaban J connectivity index is 2.26. The van der Waals surface area contributed by atoms with E-state index in [9.17, 15) is 19.5 Å². The quantitative estimate of drug-likeness (QED) is 0.773. The molecule has 0 aliphatic carbocycles. The molecule has 0 spiro atoms. The van der Waals surface area contributed by atoms with Crippen molar-refractivity contribution in [3.8, 4) is 10.6 Å². The highest BCUT2D eigenvalue weighted by molar-refractivity contribution is 7.13. The normalized spacial score (nSPS) is 11.7. The van der Waals surface area contributed by atoms with Gasteiger partial charge in [0, 0.05) is 42.2 Å². The largest absolute Gasteiger partial charge is 0.480 e. The number of amides is 2. The van der Waals surface area contributed by atoms with Crippen molar-refractivity contribution >= 4 is 29.1 Å². The van der Waals surface area contributed by atoms with Crippen molar-refractivity contribution in [3.63, 3.8) is 0 Å². The first-order chi connectivity index (χ1) is 12.3. The lowest BCUT2D eigenvalue weighted by Crippen LogP contribution is -2.46. The number of aryl methyl sites for hydroxylation is 1. The number of hydrogen-bond acceptors (Lipinski definition) is 5. The summed E-state index contributed by atoms with van der Waals surface area (Å²) >= 11 is 1.48. The molecule has 1 aromatic carbocycles. The molecule has 0 aliphatic heterocycles. The van der Waals surface area contributed by atoms with Crippen molar-refractivity contribution < 1.29 is 19.5 Å². The Morgan fingerprint density at radius 2 is 2.08 bits per heavy atom. The minimum Gasteiger partial charge on any atom is -0.480 e. The summed E-state index contributed by atoms with van der Waals surface area (Å²) in [6.45, 7) is 5.00. The molecule has 0 radical (unpaired) electrons. The van der Waals surface area contributed by atoms with E-state index in [-0.39, 0.29) is 19.0 Å². The number of thiazole rings is 1. The highest BCUT2D eigenvalue weighted by atomic mass is 32.1. The summed E-state index contributed by atoms with van der Waals surface area (Å²) in [5.41, 5.74) is 2.09. The van der Waals surface area contributed by atoms with Crippen LogP contribution in [0.2, 0.25) is 0 Å². The van der Waals surface area contributed by atoms with Gasteiger partial charge in [0.2, 0.25) is 5.91 Å². The van der Waals surface area contributed by atoms with Gasteiger partial charge in [-0.15, -0.1) is 11.3 Å². The van der Waals surface area contributed by atoms with Crippen molar-refractivity contribution in [2.24, 2.45) is 0 Å². The van der Waals surface area contributed by atoms with Crippen molar-refractivity contribution in [1.29, 1.82) is 0 Å². The van der Waals surface area contributed by atoms with Crippen LogP contribution in [0.3, 0.4) is 0 Å². The Morgan fingerprint density at radius 1 is 1.35 bits per heavy atom. The fraction of sp³-hybridized carbons (Fsp3) is 0.333. The molecular weight excluding hydrogens is 354 g/mol. The fourth-order valence-electron chi connectivity index (χ4n) is 2.39. The second-order valence-corrected chi connectivity index (χ2v) is 6.73. The monoisotopic (exact) mass is 375 g/mol. The molecule has 138 valence electrons. The first-order valence-electron chi connectivity index (χ1n) is 8.10. The van der Waals surface area contributed by atoms with Crippen LogP contribution < -0.4 is 5.32 Å². The Morgan fingerprint density at radius 3 is 2.65 bits per heavy atom. The summed E-state index contributed by atoms with van der Waals surface area (Å²) in [5, 5.41) is 14.6. The van der Waals surface area contributed by atoms with E-state index < -0.39 is 17.9 Å². The molecule has 2 amide bonds. The second-order valence-electron chi connectivity index (χ2n) is 5.87. The number of aromatic nitrogens is 1. The second kappa shape index (κ2) is 8.57. The number of rotatable bonds is 7.